The number of nitrogens with zero attached hydrogens (tertiary/aromatic N) is 1. The highest BCUT2D eigenvalue weighted by atomic mass is 16.5. The van der Waals surface area contributed by atoms with Crippen molar-refractivity contribution in [3.8, 4) is 17.2 Å². The van der Waals surface area contributed by atoms with Crippen molar-refractivity contribution in [3.63, 3.8) is 0 Å². The van der Waals surface area contributed by atoms with E-state index < -0.39 is 0 Å². The summed E-state index contributed by atoms with van der Waals surface area (Å²) in [6.07, 6.45) is 4.16. The van der Waals surface area contributed by atoms with Gasteiger partial charge in [-0.2, -0.15) is 0 Å². The first-order valence-electron chi connectivity index (χ1n) is 14.9. The maximum absolute atomic E-state index is 6.65. The van der Waals surface area contributed by atoms with Crippen LogP contribution in [0.1, 0.15) is 42.7 Å². The summed E-state index contributed by atoms with van der Waals surface area (Å²) in [5.41, 5.74) is 3.62. The molecule has 1 N–H and O–H groups in total. The average molecular weight is 561 g/mol. The van der Waals surface area contributed by atoms with Gasteiger partial charge in [-0.25, -0.2) is 0 Å². The van der Waals surface area contributed by atoms with Gasteiger partial charge in [-0.15, -0.1) is 0 Å². The molecular formula is C34H44N2O5. The first-order valence-corrected chi connectivity index (χ1v) is 14.9. The van der Waals surface area contributed by atoms with E-state index in [9.17, 15) is 0 Å². The average Bonchev–Trinajstić information content (AvgIpc) is 3.03. The molecule has 3 aromatic rings. The molecular weight excluding hydrogens is 516 g/mol. The topological polar surface area (TPSA) is 61.4 Å². The first kappa shape index (κ1) is 29.2. The van der Waals surface area contributed by atoms with Crippen molar-refractivity contribution in [2.75, 3.05) is 58.6 Å². The van der Waals surface area contributed by atoms with Crippen molar-refractivity contribution >= 4 is 5.69 Å². The number of fused-ring (bicyclic) bond motifs is 1. The van der Waals surface area contributed by atoms with Crippen molar-refractivity contribution in [2.45, 2.75) is 50.4 Å². The van der Waals surface area contributed by atoms with Crippen LogP contribution in [0.3, 0.4) is 0 Å². The maximum Gasteiger partial charge on any atom is 0.142 e. The number of rotatable bonds is 14. The highest BCUT2D eigenvalue weighted by molar-refractivity contribution is 5.61. The number of methoxy groups -OCH3 is 2. The second kappa shape index (κ2) is 15.1. The summed E-state index contributed by atoms with van der Waals surface area (Å²) in [7, 11) is 3.46. The third-order valence-corrected chi connectivity index (χ3v) is 8.07. The van der Waals surface area contributed by atoms with Gasteiger partial charge in [0.25, 0.3) is 0 Å². The molecule has 220 valence electrons. The molecule has 7 nitrogen and oxygen atoms in total. The fourth-order valence-corrected chi connectivity index (χ4v) is 5.84. The normalized spacial score (nSPS) is 20.2. The molecule has 0 aromatic heterocycles. The van der Waals surface area contributed by atoms with Crippen molar-refractivity contribution in [1.29, 1.82) is 0 Å². The molecule has 2 aliphatic heterocycles. The molecule has 0 amide bonds. The molecule has 7 heteroatoms. The van der Waals surface area contributed by atoms with Gasteiger partial charge in [0.1, 0.15) is 23.9 Å². The van der Waals surface area contributed by atoms with Crippen LogP contribution >= 0.6 is 0 Å². The lowest BCUT2D eigenvalue weighted by Gasteiger charge is -2.37. The Kier molecular flexibility index (Phi) is 10.8. The zero-order valence-corrected chi connectivity index (χ0v) is 24.4. The van der Waals surface area contributed by atoms with E-state index in [1.807, 2.05) is 30.3 Å². The van der Waals surface area contributed by atoms with Crippen LogP contribution in [0.25, 0.3) is 0 Å². The number of nitrogens with one attached hydrogen (secondary N) is 1. The highest BCUT2D eigenvalue weighted by Crippen LogP contribution is 2.35. The third-order valence-electron chi connectivity index (χ3n) is 8.07. The lowest BCUT2D eigenvalue weighted by molar-refractivity contribution is 0.00191. The highest BCUT2D eigenvalue weighted by Gasteiger charge is 2.32. The zero-order chi connectivity index (χ0) is 28.3. The Hall–Kier alpha value is -3.26. The Morgan fingerprint density at radius 2 is 1.78 bits per heavy atom. The molecule has 0 spiro atoms. The Morgan fingerprint density at radius 1 is 0.927 bits per heavy atom. The molecule has 3 aromatic carbocycles. The van der Waals surface area contributed by atoms with Gasteiger partial charge in [-0.05, 0) is 73.2 Å². The minimum atomic E-state index is 0.0744. The van der Waals surface area contributed by atoms with Crippen LogP contribution in [-0.4, -0.2) is 65.8 Å². The summed E-state index contributed by atoms with van der Waals surface area (Å²) >= 11 is 0. The molecule has 0 bridgehead atoms. The van der Waals surface area contributed by atoms with Crippen LogP contribution < -0.4 is 24.4 Å². The number of para-hydroxylation sites is 1. The smallest absolute Gasteiger partial charge is 0.142 e. The van der Waals surface area contributed by atoms with E-state index in [2.05, 4.69) is 52.7 Å². The summed E-state index contributed by atoms with van der Waals surface area (Å²) in [6, 6.07) is 25.4. The summed E-state index contributed by atoms with van der Waals surface area (Å²) in [4.78, 5) is 2.40. The number of anilines is 1. The van der Waals surface area contributed by atoms with Gasteiger partial charge in [0, 0.05) is 38.8 Å². The lowest BCUT2D eigenvalue weighted by atomic mass is 9.83. The van der Waals surface area contributed by atoms with Gasteiger partial charge in [0.15, 0.2) is 0 Å². The largest absolute Gasteiger partial charge is 0.497 e. The van der Waals surface area contributed by atoms with E-state index in [0.29, 0.717) is 25.2 Å². The van der Waals surface area contributed by atoms with Crippen molar-refractivity contribution < 1.29 is 23.7 Å². The first-order chi connectivity index (χ1) is 20.2. The van der Waals surface area contributed by atoms with Gasteiger partial charge in [-0.1, -0.05) is 36.4 Å². The van der Waals surface area contributed by atoms with E-state index in [-0.39, 0.29) is 6.10 Å². The third kappa shape index (κ3) is 8.15. The minimum Gasteiger partial charge on any atom is -0.497 e. The molecule has 0 aliphatic carbocycles. The zero-order valence-electron chi connectivity index (χ0n) is 24.4. The van der Waals surface area contributed by atoms with Crippen molar-refractivity contribution in [3.05, 3.63) is 83.9 Å². The Balaban J connectivity index is 1.21. The van der Waals surface area contributed by atoms with Crippen LogP contribution in [0.15, 0.2) is 72.8 Å². The summed E-state index contributed by atoms with van der Waals surface area (Å²) in [5, 5.41) is 3.77. The molecule has 1 fully saturated rings. The van der Waals surface area contributed by atoms with E-state index in [0.717, 1.165) is 81.5 Å². The lowest BCUT2D eigenvalue weighted by Crippen LogP contribution is -2.47. The SMILES string of the molecule is COCCCN1CCOc2ccc(CO[C@H]3CN[C@H](CCCOc4ccccc4)CC3c3ccc(OC)cc3)cc21. The number of hydrogen-bond acceptors (Lipinski definition) is 7. The molecule has 2 aliphatic rings. The fourth-order valence-electron chi connectivity index (χ4n) is 5.84. The van der Waals surface area contributed by atoms with Gasteiger partial charge in [0.2, 0.25) is 0 Å². The van der Waals surface area contributed by atoms with Crippen molar-refractivity contribution in [2.24, 2.45) is 0 Å². The van der Waals surface area contributed by atoms with Gasteiger partial charge in [-0.3, -0.25) is 0 Å². The second-order valence-electron chi connectivity index (χ2n) is 10.9. The Morgan fingerprint density at radius 3 is 2.59 bits per heavy atom. The Labute approximate surface area is 244 Å². The molecule has 0 radical (unpaired) electrons. The van der Waals surface area contributed by atoms with Crippen LogP contribution in [0, 0.1) is 0 Å². The van der Waals surface area contributed by atoms with Crippen molar-refractivity contribution in [1.82, 2.24) is 5.32 Å². The summed E-state index contributed by atoms with van der Waals surface area (Å²) < 4.78 is 29.2. The van der Waals surface area contributed by atoms with Crippen LogP contribution in [0.4, 0.5) is 5.69 Å². The second-order valence-corrected chi connectivity index (χ2v) is 10.9. The van der Waals surface area contributed by atoms with Gasteiger partial charge in [0.05, 0.1) is 38.7 Å². The summed E-state index contributed by atoms with van der Waals surface area (Å²) in [5.74, 6) is 3.06. The molecule has 3 atom stereocenters. The molecule has 0 saturated carbocycles. The van der Waals surface area contributed by atoms with Gasteiger partial charge < -0.3 is 33.9 Å². The molecule has 1 saturated heterocycles. The number of piperidine rings is 1. The number of benzene rings is 3. The van der Waals surface area contributed by atoms with E-state index in [1.54, 1.807) is 14.2 Å². The quantitative estimate of drug-likeness (QED) is 0.249. The number of hydrogen-bond donors (Lipinski definition) is 1. The molecule has 5 rings (SSSR count). The fraction of sp³-hybridized carbons (Fsp3) is 0.471. The van der Waals surface area contributed by atoms with Crippen LogP contribution in [0.2, 0.25) is 0 Å². The van der Waals surface area contributed by atoms with E-state index in [1.165, 1.54) is 11.1 Å². The number of ether oxygens (including phenoxy) is 5. The minimum absolute atomic E-state index is 0.0744. The van der Waals surface area contributed by atoms with Crippen LogP contribution in [0.5, 0.6) is 17.2 Å². The standard InChI is InChI=1S/C34H44N2O5/c1-37-19-7-17-36-18-21-40-33-16-11-26(22-32(33)36)25-41-34-24-35-28(8-6-20-39-30-9-4-3-5-10-30)23-31(34)27-12-14-29(38-2)15-13-27/h3-5,9-16,22,28,31,34-35H,6-8,17-21,23-25H2,1-2H3/t28-,31?,34+/m1/s1. The van der Waals surface area contributed by atoms with Gasteiger partial charge >= 0.3 is 0 Å². The predicted octanol–water partition coefficient (Wildman–Crippen LogP) is 5.82. The van der Waals surface area contributed by atoms with Crippen LogP contribution in [-0.2, 0) is 16.1 Å². The molecule has 41 heavy (non-hydrogen) atoms. The maximum atomic E-state index is 6.65. The monoisotopic (exact) mass is 560 g/mol. The molecule has 2 heterocycles. The van der Waals surface area contributed by atoms with E-state index in [4.69, 9.17) is 23.7 Å². The molecule has 1 unspecified atom stereocenters. The predicted molar refractivity (Wildman–Crippen MR) is 163 cm³/mol. The van der Waals surface area contributed by atoms with E-state index >= 15 is 0 Å². The Bertz CT molecular complexity index is 1190. The summed E-state index contributed by atoms with van der Waals surface area (Å²) in [6.45, 7) is 5.43.